The van der Waals surface area contributed by atoms with E-state index in [2.05, 4.69) is 15.2 Å². The molecule has 0 fully saturated rings. The van der Waals surface area contributed by atoms with Crippen LogP contribution in [0.25, 0.3) is 0 Å². The van der Waals surface area contributed by atoms with Crippen molar-refractivity contribution >= 4 is 28.8 Å². The van der Waals surface area contributed by atoms with Gasteiger partial charge in [-0.1, -0.05) is 16.8 Å². The minimum atomic E-state index is -0.108. The Balaban J connectivity index is 2.14. The van der Waals surface area contributed by atoms with Gasteiger partial charge in [-0.05, 0) is 12.1 Å². The first kappa shape index (κ1) is 10.9. The molecule has 0 unspecified atom stereocenters. The number of nitrogens with zero attached hydrogens (tertiary/aromatic N) is 4. The molecule has 0 aliphatic rings. The monoisotopic (exact) mass is 257 g/mol. The van der Waals surface area contributed by atoms with Crippen molar-refractivity contribution in [3.63, 3.8) is 0 Å². The van der Waals surface area contributed by atoms with Gasteiger partial charge in [0.2, 0.25) is 11.7 Å². The highest BCUT2D eigenvalue weighted by atomic mass is 35.5. The van der Waals surface area contributed by atoms with Gasteiger partial charge in [0, 0.05) is 4.88 Å². The van der Waals surface area contributed by atoms with Crippen LogP contribution in [-0.2, 0) is 6.54 Å². The van der Waals surface area contributed by atoms with Gasteiger partial charge in [-0.15, -0.1) is 16.4 Å². The van der Waals surface area contributed by atoms with E-state index < -0.39 is 0 Å². The fourth-order valence-electron chi connectivity index (χ4n) is 1.13. The lowest BCUT2D eigenvalue weighted by Gasteiger charge is -1.95. The summed E-state index contributed by atoms with van der Waals surface area (Å²) in [6.07, 6.45) is 1.51. The Labute approximate surface area is 100.0 Å². The Bertz CT molecular complexity index is 520. The van der Waals surface area contributed by atoms with Crippen LogP contribution < -0.4 is 5.73 Å². The third kappa shape index (κ3) is 2.31. The second-order valence-electron chi connectivity index (χ2n) is 2.96. The van der Waals surface area contributed by atoms with Crippen LogP contribution in [0.5, 0.6) is 0 Å². The molecule has 0 saturated carbocycles. The first-order chi connectivity index (χ1) is 7.69. The zero-order valence-corrected chi connectivity index (χ0v) is 9.61. The lowest BCUT2D eigenvalue weighted by molar-refractivity contribution is 0.318. The van der Waals surface area contributed by atoms with Crippen LogP contribution in [0.2, 0.25) is 4.34 Å². The summed E-state index contributed by atoms with van der Waals surface area (Å²) in [6, 6.07) is 3.74. The van der Waals surface area contributed by atoms with Crippen LogP contribution in [0.4, 0.5) is 0 Å². The molecule has 0 bridgehead atoms. The van der Waals surface area contributed by atoms with Crippen molar-refractivity contribution < 1.29 is 5.21 Å². The number of oxime groups is 1. The summed E-state index contributed by atoms with van der Waals surface area (Å²) >= 11 is 7.28. The average Bonchev–Trinajstić information content (AvgIpc) is 2.87. The van der Waals surface area contributed by atoms with E-state index in [1.165, 1.54) is 17.7 Å². The summed E-state index contributed by atoms with van der Waals surface area (Å²) < 4.78 is 2.32. The average molecular weight is 258 g/mol. The van der Waals surface area contributed by atoms with E-state index in [1.54, 1.807) is 4.68 Å². The summed E-state index contributed by atoms with van der Waals surface area (Å²) in [5.74, 6) is 0.0908. The largest absolute Gasteiger partial charge is 0.409 e. The minimum absolute atomic E-state index is 0.108. The second-order valence-corrected chi connectivity index (χ2v) is 4.76. The summed E-state index contributed by atoms with van der Waals surface area (Å²) in [5.41, 5.74) is 5.35. The predicted octanol–water partition coefficient (Wildman–Crippen LogP) is 1.14. The molecule has 0 aliphatic carbocycles. The highest BCUT2D eigenvalue weighted by Gasteiger charge is 2.06. The van der Waals surface area contributed by atoms with Crippen molar-refractivity contribution in [2.45, 2.75) is 6.54 Å². The van der Waals surface area contributed by atoms with Gasteiger partial charge in [0.25, 0.3) is 0 Å². The molecular weight excluding hydrogens is 250 g/mol. The lowest BCUT2D eigenvalue weighted by Crippen LogP contribution is -2.15. The Hall–Kier alpha value is -1.60. The van der Waals surface area contributed by atoms with Gasteiger partial charge in [-0.25, -0.2) is 9.67 Å². The number of hydrogen-bond acceptors (Lipinski definition) is 5. The van der Waals surface area contributed by atoms with Gasteiger partial charge in [-0.2, -0.15) is 0 Å². The maximum atomic E-state index is 8.45. The van der Waals surface area contributed by atoms with Gasteiger partial charge in [0.1, 0.15) is 6.33 Å². The minimum Gasteiger partial charge on any atom is -0.409 e. The van der Waals surface area contributed by atoms with Crippen LogP contribution in [0.1, 0.15) is 10.7 Å². The molecular formula is C8H8ClN5OS. The van der Waals surface area contributed by atoms with Gasteiger partial charge in [0.05, 0.1) is 10.9 Å². The van der Waals surface area contributed by atoms with Crippen LogP contribution in [0.15, 0.2) is 23.6 Å². The van der Waals surface area contributed by atoms with Gasteiger partial charge < -0.3 is 10.9 Å². The molecule has 0 atom stereocenters. The fraction of sp³-hybridized carbons (Fsp3) is 0.125. The standard InChI is InChI=1S/C8H8ClN5OS/c9-6-2-1-5(16-6)3-14-4-11-8(12-14)7(10)13-15/h1-2,4,15H,3H2,(H2,10,13). The van der Waals surface area contributed by atoms with Crippen molar-refractivity contribution in [2.24, 2.45) is 10.9 Å². The quantitative estimate of drug-likeness (QED) is 0.373. The highest BCUT2D eigenvalue weighted by molar-refractivity contribution is 7.16. The summed E-state index contributed by atoms with van der Waals surface area (Å²) in [4.78, 5) is 4.95. The Morgan fingerprint density at radius 1 is 1.62 bits per heavy atom. The molecule has 84 valence electrons. The third-order valence-corrected chi connectivity index (χ3v) is 3.04. The van der Waals surface area contributed by atoms with E-state index in [-0.39, 0.29) is 11.7 Å². The van der Waals surface area contributed by atoms with Gasteiger partial charge >= 0.3 is 0 Å². The zero-order valence-electron chi connectivity index (χ0n) is 8.04. The van der Waals surface area contributed by atoms with Gasteiger partial charge in [-0.3, -0.25) is 0 Å². The van der Waals surface area contributed by atoms with Crippen molar-refractivity contribution in [3.05, 3.63) is 33.5 Å². The Kier molecular flexibility index (Phi) is 3.07. The van der Waals surface area contributed by atoms with E-state index in [1.807, 2.05) is 12.1 Å². The molecule has 6 nitrogen and oxygen atoms in total. The van der Waals surface area contributed by atoms with Crippen LogP contribution >= 0.6 is 22.9 Å². The van der Waals surface area contributed by atoms with Crippen LogP contribution in [0, 0.1) is 0 Å². The number of halogens is 1. The first-order valence-corrected chi connectivity index (χ1v) is 5.50. The predicted molar refractivity (Wildman–Crippen MR) is 61.0 cm³/mol. The molecule has 0 aromatic carbocycles. The number of thiophene rings is 1. The smallest absolute Gasteiger partial charge is 0.219 e. The molecule has 0 saturated heterocycles. The van der Waals surface area contributed by atoms with E-state index in [4.69, 9.17) is 22.5 Å². The van der Waals surface area contributed by atoms with Crippen molar-refractivity contribution in [1.82, 2.24) is 14.8 Å². The maximum absolute atomic E-state index is 8.45. The normalized spacial score (nSPS) is 11.9. The number of rotatable bonds is 3. The van der Waals surface area contributed by atoms with E-state index in [0.717, 1.165) is 9.21 Å². The topological polar surface area (TPSA) is 89.3 Å². The summed E-state index contributed by atoms with van der Waals surface area (Å²) in [6.45, 7) is 0.559. The lowest BCUT2D eigenvalue weighted by atomic mass is 10.5. The van der Waals surface area contributed by atoms with Crippen LogP contribution in [-0.4, -0.2) is 25.8 Å². The molecule has 2 heterocycles. The molecule has 0 radical (unpaired) electrons. The molecule has 2 aromatic rings. The fourth-order valence-corrected chi connectivity index (χ4v) is 2.21. The maximum Gasteiger partial charge on any atom is 0.219 e. The van der Waals surface area contributed by atoms with Crippen molar-refractivity contribution in [3.8, 4) is 0 Å². The zero-order chi connectivity index (χ0) is 11.5. The number of amidine groups is 1. The summed E-state index contributed by atoms with van der Waals surface area (Å²) in [5, 5.41) is 15.3. The number of hydrogen-bond donors (Lipinski definition) is 2. The van der Waals surface area contributed by atoms with Crippen LogP contribution in [0.3, 0.4) is 0 Å². The molecule has 3 N–H and O–H groups in total. The molecule has 0 spiro atoms. The molecule has 8 heteroatoms. The number of nitrogens with two attached hydrogens (primary N) is 1. The molecule has 2 aromatic heterocycles. The first-order valence-electron chi connectivity index (χ1n) is 4.30. The second kappa shape index (κ2) is 4.50. The molecule has 16 heavy (non-hydrogen) atoms. The van der Waals surface area contributed by atoms with Gasteiger partial charge in [0.15, 0.2) is 0 Å². The Morgan fingerprint density at radius 2 is 2.44 bits per heavy atom. The van der Waals surface area contributed by atoms with E-state index in [0.29, 0.717) is 6.54 Å². The SMILES string of the molecule is NC(=NO)c1ncn(Cc2ccc(Cl)s2)n1. The molecule has 2 rings (SSSR count). The van der Waals surface area contributed by atoms with E-state index >= 15 is 0 Å². The number of aromatic nitrogens is 3. The van der Waals surface area contributed by atoms with Crippen molar-refractivity contribution in [1.29, 1.82) is 0 Å². The van der Waals surface area contributed by atoms with Crippen molar-refractivity contribution in [2.75, 3.05) is 0 Å². The highest BCUT2D eigenvalue weighted by Crippen LogP contribution is 2.21. The van der Waals surface area contributed by atoms with E-state index in [9.17, 15) is 0 Å². The summed E-state index contributed by atoms with van der Waals surface area (Å²) in [7, 11) is 0. The Morgan fingerprint density at radius 3 is 3.06 bits per heavy atom. The molecule has 0 aliphatic heterocycles. The molecule has 0 amide bonds. The third-order valence-electron chi connectivity index (χ3n) is 1.82.